The van der Waals surface area contributed by atoms with Crippen molar-refractivity contribution >= 4 is 21.6 Å². The Balaban J connectivity index is 3.44. The monoisotopic (exact) mass is 265 g/mol. The second kappa shape index (κ2) is 4.00. The Kier molecular flexibility index (Phi) is 3.15. The quantitative estimate of drug-likeness (QED) is 0.606. The van der Waals surface area contributed by atoms with E-state index < -0.39 is 22.6 Å². The Morgan fingerprint density at radius 2 is 2.07 bits per heavy atom. The van der Waals surface area contributed by atoms with Crippen LogP contribution in [-0.4, -0.2) is 4.92 Å². The van der Waals surface area contributed by atoms with Crippen LogP contribution in [0, 0.1) is 17.0 Å². The van der Waals surface area contributed by atoms with Crippen LogP contribution in [0.3, 0.4) is 0 Å². The van der Waals surface area contributed by atoms with E-state index in [-0.39, 0.29) is 5.56 Å². The molecule has 0 aliphatic heterocycles. The predicted molar refractivity (Wildman–Crippen MR) is 50.5 cm³/mol. The molecule has 1 rings (SSSR count). The van der Waals surface area contributed by atoms with E-state index in [0.717, 1.165) is 6.07 Å². The van der Waals surface area contributed by atoms with E-state index in [4.69, 9.17) is 0 Å². The lowest BCUT2D eigenvalue weighted by atomic mass is 10.1. The molecular weight excluding hydrogens is 260 g/mol. The first kappa shape index (κ1) is 11.0. The van der Waals surface area contributed by atoms with Gasteiger partial charge >= 0.3 is 0 Å². The lowest BCUT2D eigenvalue weighted by molar-refractivity contribution is -0.386. The molecule has 1 aromatic rings. The number of nitro groups is 1. The normalized spacial score (nSPS) is 10.6. The lowest BCUT2D eigenvalue weighted by Crippen LogP contribution is -1.98. The molecule has 6 heteroatoms. The van der Waals surface area contributed by atoms with Crippen molar-refractivity contribution in [2.45, 2.75) is 13.3 Å². The van der Waals surface area contributed by atoms with Crippen LogP contribution in [0.25, 0.3) is 0 Å². The molecule has 76 valence electrons. The Hall–Kier alpha value is -1.04. The summed E-state index contributed by atoms with van der Waals surface area (Å²) in [5, 5.41) is 10.5. The van der Waals surface area contributed by atoms with Crippen LogP contribution in [0.4, 0.5) is 14.5 Å². The average Bonchev–Trinajstić information content (AvgIpc) is 2.01. The molecule has 0 saturated heterocycles. The van der Waals surface area contributed by atoms with Gasteiger partial charge in [-0.05, 0) is 18.6 Å². The molecule has 0 radical (unpaired) electrons. The summed E-state index contributed by atoms with van der Waals surface area (Å²) < 4.78 is 25.3. The van der Waals surface area contributed by atoms with E-state index in [0.29, 0.717) is 4.47 Å². The van der Waals surface area contributed by atoms with Gasteiger partial charge in [-0.15, -0.1) is 0 Å². The molecule has 0 fully saturated rings. The Morgan fingerprint density at radius 3 is 2.50 bits per heavy atom. The summed E-state index contributed by atoms with van der Waals surface area (Å²) in [4.78, 5) is 9.68. The number of aryl methyl sites for hydroxylation is 1. The molecular formula is C8H6BrF2NO2. The molecule has 0 aromatic heterocycles. The third-order valence-corrected chi connectivity index (χ3v) is 2.20. The second-order valence-electron chi connectivity index (χ2n) is 2.71. The highest BCUT2D eigenvalue weighted by Crippen LogP contribution is 2.34. The zero-order valence-corrected chi connectivity index (χ0v) is 8.72. The molecule has 0 aliphatic carbocycles. The van der Waals surface area contributed by atoms with Crippen molar-refractivity contribution in [1.82, 2.24) is 0 Å². The van der Waals surface area contributed by atoms with E-state index in [1.807, 2.05) is 0 Å². The first-order valence-electron chi connectivity index (χ1n) is 3.66. The fraction of sp³-hybridized carbons (Fsp3) is 0.250. The van der Waals surface area contributed by atoms with Crippen molar-refractivity contribution in [2.75, 3.05) is 0 Å². The van der Waals surface area contributed by atoms with Crippen molar-refractivity contribution in [3.05, 3.63) is 37.8 Å². The molecule has 0 atom stereocenters. The highest BCUT2D eigenvalue weighted by Gasteiger charge is 2.24. The molecule has 0 unspecified atom stereocenters. The van der Waals surface area contributed by atoms with Crippen molar-refractivity contribution < 1.29 is 13.7 Å². The topological polar surface area (TPSA) is 43.1 Å². The Bertz CT molecular complexity index is 382. The van der Waals surface area contributed by atoms with Crippen molar-refractivity contribution in [1.29, 1.82) is 0 Å². The summed E-state index contributed by atoms with van der Waals surface area (Å²) in [5.74, 6) is 0. The first-order chi connectivity index (χ1) is 6.43. The van der Waals surface area contributed by atoms with Gasteiger partial charge < -0.3 is 0 Å². The SMILES string of the molecule is Cc1cc(Br)cc([N+](=O)[O-])c1C(F)F. The highest BCUT2D eigenvalue weighted by molar-refractivity contribution is 9.10. The van der Waals surface area contributed by atoms with Crippen molar-refractivity contribution in [3.8, 4) is 0 Å². The van der Waals surface area contributed by atoms with Crippen LogP contribution in [0.2, 0.25) is 0 Å². The van der Waals surface area contributed by atoms with Crippen LogP contribution < -0.4 is 0 Å². The Morgan fingerprint density at radius 1 is 1.50 bits per heavy atom. The number of nitro benzene ring substituents is 1. The number of halogens is 3. The summed E-state index contributed by atoms with van der Waals surface area (Å²) in [6.07, 6.45) is -2.83. The van der Waals surface area contributed by atoms with E-state index in [9.17, 15) is 18.9 Å². The van der Waals surface area contributed by atoms with Gasteiger partial charge in [0.25, 0.3) is 12.1 Å². The van der Waals surface area contributed by atoms with E-state index in [1.54, 1.807) is 0 Å². The summed E-state index contributed by atoms with van der Waals surface area (Å²) in [5.41, 5.74) is -0.855. The molecule has 0 bridgehead atoms. The van der Waals surface area contributed by atoms with Gasteiger partial charge in [-0.1, -0.05) is 15.9 Å². The number of nitrogens with zero attached hydrogens (tertiary/aromatic N) is 1. The zero-order chi connectivity index (χ0) is 10.9. The summed E-state index contributed by atoms with van der Waals surface area (Å²) in [7, 11) is 0. The van der Waals surface area contributed by atoms with Crippen molar-refractivity contribution in [2.24, 2.45) is 0 Å². The number of benzene rings is 1. The van der Waals surface area contributed by atoms with Crippen molar-refractivity contribution in [3.63, 3.8) is 0 Å². The summed E-state index contributed by atoms with van der Waals surface area (Å²) in [6, 6.07) is 2.50. The zero-order valence-electron chi connectivity index (χ0n) is 7.13. The molecule has 0 heterocycles. The molecule has 0 spiro atoms. The predicted octanol–water partition coefficient (Wildman–Crippen LogP) is 3.60. The lowest BCUT2D eigenvalue weighted by Gasteiger charge is -2.05. The molecule has 14 heavy (non-hydrogen) atoms. The maximum Gasteiger partial charge on any atom is 0.279 e. The van der Waals surface area contributed by atoms with Gasteiger partial charge in [0, 0.05) is 10.5 Å². The van der Waals surface area contributed by atoms with Gasteiger partial charge in [-0.2, -0.15) is 0 Å². The van der Waals surface area contributed by atoms with Crippen LogP contribution in [0.5, 0.6) is 0 Å². The highest BCUT2D eigenvalue weighted by atomic mass is 79.9. The van der Waals surface area contributed by atoms with Gasteiger partial charge in [-0.3, -0.25) is 10.1 Å². The minimum Gasteiger partial charge on any atom is -0.258 e. The third kappa shape index (κ3) is 2.06. The largest absolute Gasteiger partial charge is 0.279 e. The fourth-order valence-electron chi connectivity index (χ4n) is 1.17. The number of hydrogen-bond acceptors (Lipinski definition) is 2. The van der Waals surface area contributed by atoms with E-state index in [1.165, 1.54) is 13.0 Å². The number of alkyl halides is 2. The van der Waals surface area contributed by atoms with E-state index in [2.05, 4.69) is 15.9 Å². The first-order valence-corrected chi connectivity index (χ1v) is 4.45. The van der Waals surface area contributed by atoms with Crippen LogP contribution in [0.15, 0.2) is 16.6 Å². The molecule has 1 aromatic carbocycles. The fourth-order valence-corrected chi connectivity index (χ4v) is 1.73. The van der Waals surface area contributed by atoms with Gasteiger partial charge in [0.15, 0.2) is 0 Å². The maximum atomic E-state index is 12.5. The second-order valence-corrected chi connectivity index (χ2v) is 3.63. The summed E-state index contributed by atoms with van der Waals surface area (Å²) >= 11 is 3.02. The van der Waals surface area contributed by atoms with Gasteiger partial charge in [0.2, 0.25) is 0 Å². The molecule has 0 aliphatic rings. The molecule has 0 amide bonds. The smallest absolute Gasteiger partial charge is 0.258 e. The average molecular weight is 266 g/mol. The van der Waals surface area contributed by atoms with Crippen LogP contribution >= 0.6 is 15.9 Å². The number of rotatable bonds is 2. The minimum atomic E-state index is -2.83. The standard InChI is InChI=1S/C8H6BrF2NO2/c1-4-2-5(9)3-6(12(13)14)7(4)8(10)11/h2-3,8H,1H3. The van der Waals surface area contributed by atoms with Gasteiger partial charge in [0.1, 0.15) is 0 Å². The maximum absolute atomic E-state index is 12.5. The molecule has 0 N–H and O–H groups in total. The van der Waals surface area contributed by atoms with Crippen LogP contribution in [-0.2, 0) is 0 Å². The van der Waals surface area contributed by atoms with E-state index >= 15 is 0 Å². The van der Waals surface area contributed by atoms with Gasteiger partial charge in [-0.25, -0.2) is 8.78 Å². The third-order valence-electron chi connectivity index (χ3n) is 1.74. The Labute approximate surface area is 87.0 Å². The molecule has 0 saturated carbocycles. The minimum absolute atomic E-state index is 0.209. The molecule has 3 nitrogen and oxygen atoms in total. The number of hydrogen-bond donors (Lipinski definition) is 0. The van der Waals surface area contributed by atoms with Gasteiger partial charge in [0.05, 0.1) is 10.5 Å². The van der Waals surface area contributed by atoms with Crippen LogP contribution in [0.1, 0.15) is 17.6 Å². The summed E-state index contributed by atoms with van der Waals surface area (Å²) in [6.45, 7) is 1.42.